The van der Waals surface area contributed by atoms with Crippen LogP contribution in [0.5, 0.6) is 34.5 Å². The van der Waals surface area contributed by atoms with E-state index in [1.807, 2.05) is 79.7 Å². The van der Waals surface area contributed by atoms with Crippen LogP contribution in [0.15, 0.2) is 145 Å². The van der Waals surface area contributed by atoms with Crippen molar-refractivity contribution in [3.05, 3.63) is 202 Å². The zero-order valence-corrected chi connectivity index (χ0v) is 39.7. The fourth-order valence-electron chi connectivity index (χ4n) is 8.95. The molecule has 0 fully saturated rings. The minimum absolute atomic E-state index is 0.0226. The van der Waals surface area contributed by atoms with E-state index in [0.717, 1.165) is 23.8 Å². The smallest absolute Gasteiger partial charge is 0.339 e. The fourth-order valence-corrected chi connectivity index (χ4v) is 10.1. The predicted molar refractivity (Wildman–Crippen MR) is 258 cm³/mol. The number of hydrogen-bond acceptors (Lipinski definition) is 13. The second-order valence-electron chi connectivity index (χ2n) is 18.9. The van der Waals surface area contributed by atoms with Gasteiger partial charge in [0.05, 0.1) is 5.36 Å². The maximum Gasteiger partial charge on any atom is 0.339 e. The number of phenolic OH excluding ortho intramolecular Hbond substituents is 5. The first kappa shape index (κ1) is 48.7. The fraction of sp³-hybridized carbons (Fsp3) is 0.231. The zero-order chi connectivity index (χ0) is 50.6. The van der Waals surface area contributed by atoms with Gasteiger partial charge in [-0.3, -0.25) is 14.8 Å². The van der Waals surface area contributed by atoms with E-state index < -0.39 is 69.0 Å². The van der Waals surface area contributed by atoms with Crippen LogP contribution < -0.4 is 25.8 Å². The molecule has 0 unspecified atom stereocenters. The molecule has 0 aliphatic heterocycles. The van der Waals surface area contributed by atoms with Gasteiger partial charge >= 0.3 is 15.2 Å². The minimum atomic E-state index is -5.10. The largest absolute Gasteiger partial charge is 0.508 e. The molecule has 0 aliphatic rings. The van der Waals surface area contributed by atoms with Crippen LogP contribution in [0.2, 0.25) is 0 Å². The Hall–Kier alpha value is -8.23. The predicted octanol–water partition coefficient (Wildman–Crippen LogP) is 8.54. The maximum absolute atomic E-state index is 14.7. The molecule has 0 saturated heterocycles. The van der Waals surface area contributed by atoms with E-state index in [1.165, 1.54) is 24.3 Å². The number of rotatable bonds is 12. The molecule has 69 heavy (non-hydrogen) atoms. The Bertz CT molecular complexity index is 3630. The van der Waals surface area contributed by atoms with E-state index in [1.54, 1.807) is 48.5 Å². The summed E-state index contributed by atoms with van der Waals surface area (Å²) in [4.78, 5) is 25.5. The summed E-state index contributed by atoms with van der Waals surface area (Å²) in [5.74, 6) is -0.882. The maximum atomic E-state index is 14.7. The van der Waals surface area contributed by atoms with Crippen LogP contribution in [-0.4, -0.2) is 34.0 Å². The number of hydrogen-bond donors (Lipinski definition) is 5. The third-order valence-corrected chi connectivity index (χ3v) is 14.6. The Morgan fingerprint density at radius 3 is 1.49 bits per heavy atom. The molecule has 0 amide bonds. The van der Waals surface area contributed by atoms with Gasteiger partial charge in [0.15, 0.2) is 16.2 Å². The molecule has 7 aromatic rings. The lowest BCUT2D eigenvalue weighted by molar-refractivity contribution is 0.424. The van der Waals surface area contributed by atoms with Gasteiger partial charge in [0.25, 0.3) is 5.39 Å². The van der Waals surface area contributed by atoms with Gasteiger partial charge in [-0.1, -0.05) is 116 Å². The summed E-state index contributed by atoms with van der Waals surface area (Å²) in [6.07, 6.45) is 0. The molecule has 0 saturated carbocycles. The number of nitrogens with zero attached hydrogens (tertiary/aromatic N) is 6. The van der Waals surface area contributed by atoms with Crippen molar-refractivity contribution < 1.29 is 38.1 Å². The first-order chi connectivity index (χ1) is 32.3. The van der Waals surface area contributed by atoms with Crippen LogP contribution in [0, 0.1) is 5.39 Å². The molecule has 0 aliphatic carbocycles. The summed E-state index contributed by atoms with van der Waals surface area (Å²) in [5, 5.41) is 73.5. The van der Waals surface area contributed by atoms with Crippen molar-refractivity contribution in [2.24, 2.45) is 15.4 Å². The highest BCUT2D eigenvalue weighted by molar-refractivity contribution is 7.87. The first-order valence-electron chi connectivity index (χ1n) is 21.4. The van der Waals surface area contributed by atoms with Gasteiger partial charge in [-0.25, -0.2) is 0 Å². The lowest BCUT2D eigenvalue weighted by Gasteiger charge is -2.34. The van der Waals surface area contributed by atoms with Gasteiger partial charge in [-0.2, -0.15) is 8.42 Å². The average molecular weight is 949 g/mol. The summed E-state index contributed by atoms with van der Waals surface area (Å²) >= 11 is 0. The van der Waals surface area contributed by atoms with E-state index in [0.29, 0.717) is 33.4 Å². The van der Waals surface area contributed by atoms with Gasteiger partial charge in [-0.15, -0.1) is 0 Å². The normalized spacial score (nSPS) is 13.1. The van der Waals surface area contributed by atoms with E-state index >= 15 is 0 Å². The van der Waals surface area contributed by atoms with Crippen LogP contribution in [0.25, 0.3) is 21.4 Å². The number of phenols is 5. The zero-order valence-electron chi connectivity index (χ0n) is 38.8. The monoisotopic (exact) mass is 948 g/mol. The van der Waals surface area contributed by atoms with Crippen LogP contribution in [0.3, 0.4) is 0 Å². The highest BCUT2D eigenvalue weighted by Gasteiger charge is 2.38. The van der Waals surface area contributed by atoms with E-state index in [-0.39, 0.29) is 40.1 Å². The molecule has 0 bridgehead atoms. The van der Waals surface area contributed by atoms with Gasteiger partial charge in [0.2, 0.25) is 10.9 Å². The van der Waals surface area contributed by atoms with Crippen molar-refractivity contribution in [2.45, 2.75) is 81.9 Å². The molecule has 0 atom stereocenters. The van der Waals surface area contributed by atoms with Crippen molar-refractivity contribution in [1.82, 2.24) is 0 Å². The van der Waals surface area contributed by atoms with Crippen LogP contribution in [-0.2, 0) is 31.8 Å². The van der Waals surface area contributed by atoms with Gasteiger partial charge in [0.1, 0.15) is 33.6 Å². The van der Waals surface area contributed by atoms with Crippen molar-refractivity contribution in [2.75, 3.05) is 0 Å². The third-order valence-electron chi connectivity index (χ3n) is 13.3. The van der Waals surface area contributed by atoms with Gasteiger partial charge < -0.3 is 40.3 Å². The van der Waals surface area contributed by atoms with Crippen LogP contribution in [0.1, 0.15) is 99.9 Å². The highest BCUT2D eigenvalue weighted by atomic mass is 32.2. The molecule has 16 nitrogen and oxygen atoms in total. The van der Waals surface area contributed by atoms with E-state index in [9.17, 15) is 54.5 Å². The van der Waals surface area contributed by atoms with Crippen molar-refractivity contribution >= 4 is 20.9 Å². The highest BCUT2D eigenvalue weighted by Crippen LogP contribution is 2.49. The van der Waals surface area contributed by atoms with Crippen LogP contribution >= 0.6 is 0 Å². The summed E-state index contributed by atoms with van der Waals surface area (Å²) < 4.78 is 35.4. The minimum Gasteiger partial charge on any atom is -0.508 e. The summed E-state index contributed by atoms with van der Waals surface area (Å²) in [6.45, 7) is 15.0. The molecular formula is C52H48N6O10S. The van der Waals surface area contributed by atoms with E-state index in [2.05, 4.69) is 20.5 Å². The summed E-state index contributed by atoms with van der Waals surface area (Å²) in [7, 11) is -5.10. The molecule has 0 heterocycles. The Morgan fingerprint density at radius 2 is 1.00 bits per heavy atom. The lowest BCUT2D eigenvalue weighted by atomic mass is 9.70. The molecular weight excluding hydrogens is 901 g/mol. The Labute approximate surface area is 396 Å². The Morgan fingerprint density at radius 1 is 0.551 bits per heavy atom. The molecule has 0 aromatic heterocycles. The topological polar surface area (TPSA) is 266 Å². The second-order valence-corrected chi connectivity index (χ2v) is 20.4. The van der Waals surface area contributed by atoms with Crippen molar-refractivity contribution in [3.63, 3.8) is 0 Å². The average Bonchev–Trinajstić information content (AvgIpc) is 3.29. The molecule has 7 aromatic carbocycles. The van der Waals surface area contributed by atoms with Crippen molar-refractivity contribution in [1.29, 1.82) is 5.39 Å². The quantitative estimate of drug-likeness (QED) is 0.0255. The molecule has 7 rings (SSSR count). The number of fused-ring (bicyclic) bond motifs is 1. The number of benzene rings is 7. The van der Waals surface area contributed by atoms with Crippen LogP contribution in [0.4, 0.5) is 0 Å². The molecule has 17 heteroatoms. The SMILES string of the molecule is CC(C)(c1ccc(O)cc1)c1cc(C(C)(C)c2cccc(C(C)(C)c3cc(C(C)(C)c4ccc(O)cc4)c(O)cc3OS(=O)(=O)c3cccc4c(=O)c(=O)c(=NN=[N-])c(=N[N+]#N)c34)c2)c(O)cc1O. The van der Waals surface area contributed by atoms with Gasteiger partial charge in [0, 0.05) is 66.8 Å². The number of diazo groups is 1. The van der Waals surface area contributed by atoms with Crippen molar-refractivity contribution in [3.8, 4) is 34.5 Å². The second kappa shape index (κ2) is 17.4. The standard InChI is InChI=1S/C52H48N6O10S/c1-49(2,28-15-19-32(59)20-16-28)35-24-36(40(62)26-39(35)61)51(5,6)30-11-9-12-31(23-30)52(7,8)38-25-37(50(3,4)29-17-21-33(60)22-18-29)41(63)27-42(38)68-69(66,67)43-14-10-13-34-44(43)45(55-57-53)46(56-58-54)48(65)47(34)64/h9-27,59-63H,1-8H3. The molecule has 0 radical (unpaired) electrons. The summed E-state index contributed by atoms with van der Waals surface area (Å²) in [5.41, 5.74) is 7.26. The third kappa shape index (κ3) is 8.55. The molecule has 5 N–H and O–H groups in total. The van der Waals surface area contributed by atoms with Gasteiger partial charge in [-0.05, 0) is 64.7 Å². The summed E-state index contributed by atoms with van der Waals surface area (Å²) in [6, 6.07) is 29.7. The lowest BCUT2D eigenvalue weighted by Crippen LogP contribution is -2.48. The van der Waals surface area contributed by atoms with E-state index in [4.69, 9.17) is 4.18 Å². The number of aromatic hydroxyl groups is 5. The Balaban J connectivity index is 1.43. The first-order valence-corrected chi connectivity index (χ1v) is 22.9. The molecule has 0 spiro atoms. The molecule has 352 valence electrons. The Kier molecular flexibility index (Phi) is 12.3.